The summed E-state index contributed by atoms with van der Waals surface area (Å²) in [5, 5.41) is 5.32. The van der Waals surface area contributed by atoms with Crippen LogP contribution in [0.5, 0.6) is 0 Å². The molecule has 2 N–H and O–H groups in total. The zero-order valence-electron chi connectivity index (χ0n) is 13.6. The Bertz CT molecular complexity index is 563. The van der Waals surface area contributed by atoms with Crippen LogP contribution in [-0.4, -0.2) is 23.1 Å². The minimum absolute atomic E-state index is 0.0777. The van der Waals surface area contributed by atoms with Gasteiger partial charge in [0.15, 0.2) is 5.11 Å². The zero-order valence-corrected chi connectivity index (χ0v) is 14.4. The van der Waals surface area contributed by atoms with Crippen LogP contribution in [0.1, 0.15) is 37.7 Å². The molecule has 1 aromatic rings. The molecule has 0 unspecified atom stereocenters. The molecule has 4 nitrogen and oxygen atoms in total. The first-order valence-electron chi connectivity index (χ1n) is 8.47. The molecule has 5 heteroatoms. The zero-order chi connectivity index (χ0) is 16.2. The number of amides is 1. The summed E-state index contributed by atoms with van der Waals surface area (Å²) in [5.41, 5.74) is 4.06. The van der Waals surface area contributed by atoms with Crippen LogP contribution in [0.15, 0.2) is 30.3 Å². The van der Waals surface area contributed by atoms with Gasteiger partial charge in [-0.3, -0.25) is 15.2 Å². The highest BCUT2D eigenvalue weighted by Crippen LogP contribution is 2.49. The Balaban J connectivity index is 1.40. The standard InChI is InChI=1S/C18H25N3OS/c1-21(18(23)19-12-13-5-3-2-4-6-13)20-17(22)11-16-10-14-7-8-15(16)9-14/h2-6,14-16H,7-12H2,1H3,(H,19,23)(H,20,22)/t14-,15+,16-/m0/s1. The minimum Gasteiger partial charge on any atom is -0.357 e. The van der Waals surface area contributed by atoms with E-state index in [0.717, 1.165) is 17.4 Å². The van der Waals surface area contributed by atoms with E-state index in [1.54, 1.807) is 12.1 Å². The average molecular weight is 331 g/mol. The van der Waals surface area contributed by atoms with Gasteiger partial charge in [-0.25, -0.2) is 0 Å². The summed E-state index contributed by atoms with van der Waals surface area (Å²) >= 11 is 5.33. The van der Waals surface area contributed by atoms with E-state index in [-0.39, 0.29) is 5.91 Å². The van der Waals surface area contributed by atoms with Gasteiger partial charge in [-0.15, -0.1) is 0 Å². The van der Waals surface area contributed by atoms with Crippen LogP contribution in [0, 0.1) is 17.8 Å². The molecule has 2 fully saturated rings. The number of hydrogen-bond donors (Lipinski definition) is 2. The fourth-order valence-corrected chi connectivity index (χ4v) is 4.16. The maximum atomic E-state index is 12.2. The molecule has 0 heterocycles. The number of nitrogens with one attached hydrogen (secondary N) is 2. The molecule has 3 rings (SSSR count). The van der Waals surface area contributed by atoms with Crippen molar-refractivity contribution in [2.75, 3.05) is 7.05 Å². The topological polar surface area (TPSA) is 44.4 Å². The van der Waals surface area contributed by atoms with E-state index >= 15 is 0 Å². The molecule has 0 aliphatic heterocycles. The Morgan fingerprint density at radius 3 is 2.70 bits per heavy atom. The molecule has 0 spiro atoms. The summed E-state index contributed by atoms with van der Waals surface area (Å²) in [6.07, 6.45) is 5.89. The Morgan fingerprint density at radius 2 is 2.04 bits per heavy atom. The highest BCUT2D eigenvalue weighted by atomic mass is 32.1. The van der Waals surface area contributed by atoms with Crippen molar-refractivity contribution in [1.29, 1.82) is 0 Å². The lowest BCUT2D eigenvalue weighted by atomic mass is 9.86. The molecule has 0 aromatic heterocycles. The summed E-state index contributed by atoms with van der Waals surface area (Å²) in [6, 6.07) is 10.1. The van der Waals surface area contributed by atoms with Crippen LogP contribution in [0.3, 0.4) is 0 Å². The number of rotatable bonds is 4. The molecule has 0 saturated heterocycles. The van der Waals surface area contributed by atoms with Crippen molar-refractivity contribution in [3.8, 4) is 0 Å². The predicted octanol–water partition coefficient (Wildman–Crippen LogP) is 2.85. The van der Waals surface area contributed by atoms with Gasteiger partial charge in [0, 0.05) is 20.0 Å². The molecular formula is C18H25N3OS. The Labute approximate surface area is 143 Å². The minimum atomic E-state index is 0.0777. The number of benzene rings is 1. The highest BCUT2D eigenvalue weighted by Gasteiger charge is 2.40. The van der Waals surface area contributed by atoms with Crippen LogP contribution in [0.25, 0.3) is 0 Å². The van der Waals surface area contributed by atoms with Crippen molar-refractivity contribution >= 4 is 23.2 Å². The van der Waals surface area contributed by atoms with E-state index in [1.165, 1.54) is 25.7 Å². The third-order valence-electron chi connectivity index (χ3n) is 5.22. The van der Waals surface area contributed by atoms with Gasteiger partial charge in [0.05, 0.1) is 0 Å². The normalized spacial score (nSPS) is 25.2. The number of nitrogens with zero attached hydrogens (tertiary/aromatic N) is 1. The van der Waals surface area contributed by atoms with Gasteiger partial charge in [-0.1, -0.05) is 36.8 Å². The van der Waals surface area contributed by atoms with E-state index in [9.17, 15) is 4.79 Å². The number of carbonyl (C=O) groups is 1. The van der Waals surface area contributed by atoms with Crippen molar-refractivity contribution in [3.05, 3.63) is 35.9 Å². The lowest BCUT2D eigenvalue weighted by Crippen LogP contribution is -2.48. The van der Waals surface area contributed by atoms with Gasteiger partial charge in [-0.05, 0) is 54.8 Å². The van der Waals surface area contributed by atoms with E-state index < -0.39 is 0 Å². The van der Waals surface area contributed by atoms with Gasteiger partial charge in [0.25, 0.3) is 0 Å². The van der Waals surface area contributed by atoms with Gasteiger partial charge >= 0.3 is 0 Å². The monoisotopic (exact) mass is 331 g/mol. The summed E-state index contributed by atoms with van der Waals surface area (Å²) in [5.74, 6) is 2.31. The molecular weight excluding hydrogens is 306 g/mol. The van der Waals surface area contributed by atoms with E-state index in [1.807, 2.05) is 30.3 Å². The van der Waals surface area contributed by atoms with Crippen molar-refractivity contribution < 1.29 is 4.79 Å². The number of carbonyl (C=O) groups excluding carboxylic acids is 1. The molecule has 2 bridgehead atoms. The number of fused-ring (bicyclic) bond motifs is 2. The first-order chi connectivity index (χ1) is 11.1. The Hall–Kier alpha value is -1.62. The lowest BCUT2D eigenvalue weighted by molar-refractivity contribution is -0.125. The average Bonchev–Trinajstić information content (AvgIpc) is 3.16. The van der Waals surface area contributed by atoms with Crippen LogP contribution in [0.2, 0.25) is 0 Å². The van der Waals surface area contributed by atoms with E-state index in [4.69, 9.17) is 12.2 Å². The quantitative estimate of drug-likeness (QED) is 0.658. The van der Waals surface area contributed by atoms with Crippen LogP contribution in [0.4, 0.5) is 0 Å². The fraction of sp³-hybridized carbons (Fsp3) is 0.556. The molecule has 23 heavy (non-hydrogen) atoms. The van der Waals surface area contributed by atoms with Crippen molar-refractivity contribution in [2.45, 2.75) is 38.6 Å². The van der Waals surface area contributed by atoms with E-state index in [2.05, 4.69) is 10.7 Å². The molecule has 2 aliphatic carbocycles. The highest BCUT2D eigenvalue weighted by molar-refractivity contribution is 7.80. The van der Waals surface area contributed by atoms with Gasteiger partial charge in [-0.2, -0.15) is 0 Å². The van der Waals surface area contributed by atoms with Crippen molar-refractivity contribution in [3.63, 3.8) is 0 Å². The largest absolute Gasteiger partial charge is 0.357 e. The number of hydrogen-bond acceptors (Lipinski definition) is 2. The van der Waals surface area contributed by atoms with Crippen LogP contribution >= 0.6 is 12.2 Å². The summed E-state index contributed by atoms with van der Waals surface area (Å²) < 4.78 is 0. The third kappa shape index (κ3) is 4.22. The fourth-order valence-electron chi connectivity index (χ4n) is 4.04. The first kappa shape index (κ1) is 16.2. The second-order valence-corrected chi connectivity index (χ2v) is 7.26. The summed E-state index contributed by atoms with van der Waals surface area (Å²) in [6.45, 7) is 0.659. The third-order valence-corrected chi connectivity index (χ3v) is 5.63. The lowest BCUT2D eigenvalue weighted by Gasteiger charge is -2.25. The van der Waals surface area contributed by atoms with E-state index in [0.29, 0.717) is 24.0 Å². The molecule has 3 atom stereocenters. The second-order valence-electron chi connectivity index (χ2n) is 6.88. The molecule has 2 aliphatic rings. The van der Waals surface area contributed by atoms with Gasteiger partial charge in [0.2, 0.25) is 5.91 Å². The van der Waals surface area contributed by atoms with Crippen molar-refractivity contribution in [2.24, 2.45) is 17.8 Å². The molecule has 1 amide bonds. The second kappa shape index (κ2) is 7.30. The summed E-state index contributed by atoms with van der Waals surface area (Å²) in [4.78, 5) is 12.2. The van der Waals surface area contributed by atoms with Crippen molar-refractivity contribution in [1.82, 2.24) is 15.8 Å². The molecule has 1 aromatic carbocycles. The van der Waals surface area contributed by atoms with Crippen LogP contribution < -0.4 is 10.7 Å². The SMILES string of the molecule is CN(NC(=O)C[C@@H]1C[C@H]2CC[C@@H]1C2)C(=S)NCc1ccccc1. The first-order valence-corrected chi connectivity index (χ1v) is 8.87. The van der Waals surface area contributed by atoms with Crippen LogP contribution in [-0.2, 0) is 11.3 Å². The maximum Gasteiger partial charge on any atom is 0.238 e. The maximum absolute atomic E-state index is 12.2. The Kier molecular flexibility index (Phi) is 5.16. The van der Waals surface area contributed by atoms with Gasteiger partial charge < -0.3 is 5.32 Å². The molecule has 2 saturated carbocycles. The molecule has 0 radical (unpaired) electrons. The van der Waals surface area contributed by atoms with Gasteiger partial charge in [0.1, 0.15) is 0 Å². The summed E-state index contributed by atoms with van der Waals surface area (Å²) in [7, 11) is 1.79. The smallest absolute Gasteiger partial charge is 0.238 e. The predicted molar refractivity (Wildman–Crippen MR) is 95.3 cm³/mol. The Morgan fingerprint density at radius 1 is 1.26 bits per heavy atom. The number of thiocarbonyl (C=S) groups is 1. The molecule has 124 valence electrons. The number of hydrazine groups is 1.